The Morgan fingerprint density at radius 3 is 2.23 bits per heavy atom. The van der Waals surface area contributed by atoms with E-state index < -0.39 is 16.4 Å². The lowest BCUT2D eigenvalue weighted by Gasteiger charge is -2.39. The zero-order chi connectivity index (χ0) is 18.3. The molecule has 26 heavy (non-hydrogen) atoms. The maximum atomic E-state index is 13.1. The van der Waals surface area contributed by atoms with E-state index in [1.165, 1.54) is 24.3 Å². The lowest BCUT2D eigenvalue weighted by atomic mass is 9.98. The SMILES string of the molecule is O=S(=O)(c1ccc(C(F)F)cc1)N1C2CCC1CC(N[C@@H]1CCOC1)C2. The lowest BCUT2D eigenvalue weighted by molar-refractivity contribution is 0.151. The predicted octanol–water partition coefficient (Wildman–Crippen LogP) is 2.69. The zero-order valence-corrected chi connectivity index (χ0v) is 15.3. The number of benzene rings is 1. The molecule has 0 radical (unpaired) electrons. The van der Waals surface area contributed by atoms with Gasteiger partial charge in [0.2, 0.25) is 10.0 Å². The van der Waals surface area contributed by atoms with Crippen LogP contribution in [0.5, 0.6) is 0 Å². The van der Waals surface area contributed by atoms with E-state index in [0.29, 0.717) is 12.1 Å². The molecule has 2 bridgehead atoms. The maximum absolute atomic E-state index is 13.1. The first-order valence-corrected chi connectivity index (χ1v) is 10.6. The number of fused-ring (bicyclic) bond motifs is 2. The van der Waals surface area contributed by atoms with Gasteiger partial charge in [0.15, 0.2) is 0 Å². The lowest BCUT2D eigenvalue weighted by Crippen LogP contribution is -2.53. The van der Waals surface area contributed by atoms with E-state index in [-0.39, 0.29) is 22.5 Å². The molecule has 8 heteroatoms. The predicted molar refractivity (Wildman–Crippen MR) is 92.6 cm³/mol. The van der Waals surface area contributed by atoms with E-state index in [9.17, 15) is 17.2 Å². The fourth-order valence-corrected chi connectivity index (χ4v) is 6.46. The number of nitrogens with zero attached hydrogens (tertiary/aromatic N) is 1. The summed E-state index contributed by atoms with van der Waals surface area (Å²) in [7, 11) is -3.66. The molecule has 2 unspecified atom stereocenters. The Bertz CT molecular complexity index is 721. The number of piperidine rings is 1. The summed E-state index contributed by atoms with van der Waals surface area (Å²) in [6.45, 7) is 1.51. The number of sulfonamides is 1. The Balaban J connectivity index is 1.49. The number of nitrogens with one attached hydrogen (secondary N) is 1. The van der Waals surface area contributed by atoms with Crippen LogP contribution in [0.2, 0.25) is 0 Å². The van der Waals surface area contributed by atoms with Crippen molar-refractivity contribution < 1.29 is 21.9 Å². The van der Waals surface area contributed by atoms with E-state index in [1.54, 1.807) is 4.31 Å². The molecule has 1 aromatic rings. The van der Waals surface area contributed by atoms with Crippen LogP contribution in [-0.4, -0.2) is 50.1 Å². The van der Waals surface area contributed by atoms with Gasteiger partial charge in [0.25, 0.3) is 6.43 Å². The summed E-state index contributed by atoms with van der Waals surface area (Å²) in [5, 5.41) is 3.62. The first-order chi connectivity index (χ1) is 12.4. The van der Waals surface area contributed by atoms with Gasteiger partial charge < -0.3 is 10.1 Å². The molecular formula is C18H24F2N2O3S. The second-order valence-electron chi connectivity index (χ2n) is 7.49. The van der Waals surface area contributed by atoms with Gasteiger partial charge in [0, 0.05) is 36.3 Å². The molecule has 1 N–H and O–H groups in total. The number of hydrogen-bond donors (Lipinski definition) is 1. The Kier molecular flexibility index (Phi) is 5.02. The van der Waals surface area contributed by atoms with Gasteiger partial charge in [0.1, 0.15) is 0 Å². The molecule has 4 rings (SSSR count). The highest BCUT2D eigenvalue weighted by Crippen LogP contribution is 2.40. The largest absolute Gasteiger partial charge is 0.380 e. The van der Waals surface area contributed by atoms with Gasteiger partial charge in [0.05, 0.1) is 11.5 Å². The number of alkyl halides is 2. The minimum atomic E-state index is -3.66. The van der Waals surface area contributed by atoms with Crippen molar-refractivity contribution in [3.63, 3.8) is 0 Å². The van der Waals surface area contributed by atoms with Gasteiger partial charge in [-0.3, -0.25) is 0 Å². The molecule has 3 aliphatic rings. The number of ether oxygens (including phenoxy) is 1. The normalized spacial score (nSPS) is 32.4. The molecule has 3 atom stereocenters. The minimum Gasteiger partial charge on any atom is -0.380 e. The summed E-state index contributed by atoms with van der Waals surface area (Å²) in [6.07, 6.45) is 1.72. The monoisotopic (exact) mass is 386 g/mol. The van der Waals surface area contributed by atoms with Crippen molar-refractivity contribution in [3.05, 3.63) is 29.8 Å². The van der Waals surface area contributed by atoms with Crippen molar-refractivity contribution in [1.82, 2.24) is 9.62 Å². The average Bonchev–Trinajstić information content (AvgIpc) is 3.21. The van der Waals surface area contributed by atoms with E-state index in [2.05, 4.69) is 5.32 Å². The highest BCUT2D eigenvalue weighted by molar-refractivity contribution is 7.89. The third kappa shape index (κ3) is 3.40. The molecule has 3 heterocycles. The summed E-state index contributed by atoms with van der Waals surface area (Å²) < 4.78 is 58.6. The van der Waals surface area contributed by atoms with Crippen molar-refractivity contribution in [3.8, 4) is 0 Å². The second-order valence-corrected chi connectivity index (χ2v) is 9.33. The average molecular weight is 386 g/mol. The third-order valence-electron chi connectivity index (χ3n) is 5.77. The molecular weight excluding hydrogens is 362 g/mol. The zero-order valence-electron chi connectivity index (χ0n) is 14.5. The van der Waals surface area contributed by atoms with E-state index in [0.717, 1.165) is 45.3 Å². The summed E-state index contributed by atoms with van der Waals surface area (Å²) in [4.78, 5) is 0.106. The summed E-state index contributed by atoms with van der Waals surface area (Å²) in [5.74, 6) is 0. The smallest absolute Gasteiger partial charge is 0.263 e. The van der Waals surface area contributed by atoms with Crippen LogP contribution in [0.25, 0.3) is 0 Å². The number of hydrogen-bond acceptors (Lipinski definition) is 4. The molecule has 3 fully saturated rings. The Hall–Kier alpha value is -1.09. The van der Waals surface area contributed by atoms with Crippen LogP contribution in [-0.2, 0) is 14.8 Å². The highest BCUT2D eigenvalue weighted by Gasteiger charge is 2.47. The summed E-state index contributed by atoms with van der Waals surface area (Å²) in [5.41, 5.74) is -0.159. The van der Waals surface area contributed by atoms with Crippen LogP contribution >= 0.6 is 0 Å². The standard InChI is InChI=1S/C18H24F2N2O3S/c19-18(20)12-1-5-17(6-2-12)26(23,24)22-15-3-4-16(22)10-14(9-15)21-13-7-8-25-11-13/h1-2,5-6,13-16,18,21H,3-4,7-11H2/t13-,14?,15?,16?/m1/s1. The molecule has 0 amide bonds. The third-order valence-corrected chi connectivity index (χ3v) is 7.79. The van der Waals surface area contributed by atoms with Gasteiger partial charge in [-0.25, -0.2) is 17.2 Å². The molecule has 3 saturated heterocycles. The van der Waals surface area contributed by atoms with Crippen molar-refractivity contribution in [1.29, 1.82) is 0 Å². The summed E-state index contributed by atoms with van der Waals surface area (Å²) >= 11 is 0. The Morgan fingerprint density at radius 2 is 1.69 bits per heavy atom. The van der Waals surface area contributed by atoms with Crippen LogP contribution in [0.15, 0.2) is 29.2 Å². The summed E-state index contributed by atoms with van der Waals surface area (Å²) in [6, 6.07) is 5.65. The van der Waals surface area contributed by atoms with Crippen molar-refractivity contribution in [2.45, 2.75) is 67.6 Å². The van der Waals surface area contributed by atoms with Gasteiger partial charge in [-0.1, -0.05) is 12.1 Å². The Labute approximate surface area is 152 Å². The second kappa shape index (κ2) is 7.14. The molecule has 144 valence electrons. The fraction of sp³-hybridized carbons (Fsp3) is 0.667. The topological polar surface area (TPSA) is 58.6 Å². The first kappa shape index (κ1) is 18.3. The molecule has 1 aromatic carbocycles. The quantitative estimate of drug-likeness (QED) is 0.845. The van der Waals surface area contributed by atoms with Gasteiger partial charge in [-0.15, -0.1) is 0 Å². The van der Waals surface area contributed by atoms with Gasteiger partial charge in [-0.2, -0.15) is 4.31 Å². The van der Waals surface area contributed by atoms with Crippen LogP contribution in [0.3, 0.4) is 0 Å². The van der Waals surface area contributed by atoms with Crippen LogP contribution in [0, 0.1) is 0 Å². The minimum absolute atomic E-state index is 0.0200. The fourth-order valence-electron chi connectivity index (χ4n) is 4.57. The van der Waals surface area contributed by atoms with Gasteiger partial charge in [-0.05, 0) is 44.2 Å². The van der Waals surface area contributed by atoms with Crippen LogP contribution in [0.1, 0.15) is 44.1 Å². The van der Waals surface area contributed by atoms with Crippen molar-refractivity contribution in [2.75, 3.05) is 13.2 Å². The maximum Gasteiger partial charge on any atom is 0.263 e. The van der Waals surface area contributed by atoms with E-state index in [4.69, 9.17) is 4.74 Å². The number of rotatable bonds is 5. The number of halogens is 2. The molecule has 0 saturated carbocycles. The first-order valence-electron chi connectivity index (χ1n) is 9.20. The molecule has 3 aliphatic heterocycles. The molecule has 0 aromatic heterocycles. The van der Waals surface area contributed by atoms with Crippen LogP contribution in [0.4, 0.5) is 8.78 Å². The van der Waals surface area contributed by atoms with Crippen LogP contribution < -0.4 is 5.32 Å². The van der Waals surface area contributed by atoms with E-state index in [1.807, 2.05) is 0 Å². The highest BCUT2D eigenvalue weighted by atomic mass is 32.2. The van der Waals surface area contributed by atoms with E-state index >= 15 is 0 Å². The molecule has 0 spiro atoms. The van der Waals surface area contributed by atoms with Gasteiger partial charge >= 0.3 is 0 Å². The van der Waals surface area contributed by atoms with Crippen molar-refractivity contribution in [2.24, 2.45) is 0 Å². The Morgan fingerprint density at radius 1 is 1.04 bits per heavy atom. The molecule has 5 nitrogen and oxygen atoms in total. The molecule has 0 aliphatic carbocycles. The van der Waals surface area contributed by atoms with Crippen molar-refractivity contribution >= 4 is 10.0 Å².